The first-order valence-corrected chi connectivity index (χ1v) is 9.43. The summed E-state index contributed by atoms with van der Waals surface area (Å²) in [5.74, 6) is 0.529. The minimum atomic E-state index is -3.27. The van der Waals surface area contributed by atoms with Gasteiger partial charge in [0.1, 0.15) is 0 Å². The van der Waals surface area contributed by atoms with E-state index in [9.17, 15) is 8.42 Å². The van der Waals surface area contributed by atoms with Gasteiger partial charge in [0.05, 0.1) is 10.1 Å². The van der Waals surface area contributed by atoms with E-state index >= 15 is 0 Å². The van der Waals surface area contributed by atoms with Crippen LogP contribution in [0.15, 0.2) is 23.1 Å². The molecule has 0 amide bonds. The molecule has 0 aliphatic heterocycles. The van der Waals surface area contributed by atoms with Crippen molar-refractivity contribution in [1.82, 2.24) is 5.32 Å². The van der Waals surface area contributed by atoms with Gasteiger partial charge in [0.15, 0.2) is 9.84 Å². The van der Waals surface area contributed by atoms with Gasteiger partial charge in [0.25, 0.3) is 0 Å². The van der Waals surface area contributed by atoms with Crippen molar-refractivity contribution in [2.75, 3.05) is 7.05 Å². The highest BCUT2D eigenvalue weighted by Crippen LogP contribution is 2.34. The normalized spacial score (nSPS) is 26.8. The number of rotatable bonds is 4. The highest BCUT2D eigenvalue weighted by molar-refractivity contribution is 7.92. The predicted octanol–water partition coefficient (Wildman–Crippen LogP) is 3.24. The van der Waals surface area contributed by atoms with Crippen LogP contribution in [0.4, 0.5) is 0 Å². The molecule has 21 heavy (non-hydrogen) atoms. The smallest absolute Gasteiger partial charge is 0.182 e. The molecular weight excluding hydrogens is 282 g/mol. The molecule has 1 aliphatic carbocycles. The predicted molar refractivity (Wildman–Crippen MR) is 87.4 cm³/mol. The van der Waals surface area contributed by atoms with Gasteiger partial charge < -0.3 is 5.32 Å². The van der Waals surface area contributed by atoms with Crippen molar-refractivity contribution in [2.45, 2.75) is 62.6 Å². The van der Waals surface area contributed by atoms with Crippen LogP contribution in [-0.2, 0) is 9.84 Å². The molecule has 0 saturated heterocycles. The van der Waals surface area contributed by atoms with Crippen LogP contribution in [0.5, 0.6) is 0 Å². The second-order valence-electron chi connectivity index (χ2n) is 6.31. The molecule has 1 N–H and O–H groups in total. The third-order valence-corrected chi connectivity index (χ3v) is 7.28. The minimum absolute atomic E-state index is 0.0689. The molecule has 3 nitrogen and oxygen atoms in total. The summed E-state index contributed by atoms with van der Waals surface area (Å²) in [6.07, 6.45) is 3.91. The van der Waals surface area contributed by atoms with Crippen molar-refractivity contribution in [1.29, 1.82) is 0 Å². The Hall–Kier alpha value is -0.870. The number of aryl methyl sites for hydroxylation is 2. The van der Waals surface area contributed by atoms with Gasteiger partial charge in [-0.25, -0.2) is 8.42 Å². The summed E-state index contributed by atoms with van der Waals surface area (Å²) >= 11 is 0. The van der Waals surface area contributed by atoms with Crippen molar-refractivity contribution in [3.05, 3.63) is 29.3 Å². The zero-order valence-corrected chi connectivity index (χ0v) is 14.3. The third kappa shape index (κ3) is 3.32. The second kappa shape index (κ2) is 6.49. The van der Waals surface area contributed by atoms with Gasteiger partial charge in [-0.2, -0.15) is 0 Å². The summed E-state index contributed by atoms with van der Waals surface area (Å²) in [5.41, 5.74) is 2.18. The van der Waals surface area contributed by atoms with Crippen LogP contribution in [0.1, 0.15) is 43.7 Å². The molecule has 1 saturated carbocycles. The van der Waals surface area contributed by atoms with Gasteiger partial charge in [-0.3, -0.25) is 0 Å². The Morgan fingerprint density at radius 1 is 1.19 bits per heavy atom. The molecule has 3 atom stereocenters. The van der Waals surface area contributed by atoms with E-state index in [1.807, 2.05) is 33.0 Å². The van der Waals surface area contributed by atoms with E-state index in [0.29, 0.717) is 10.8 Å². The number of hydrogen-bond acceptors (Lipinski definition) is 3. The minimum Gasteiger partial charge on any atom is -0.316 e. The Labute approximate surface area is 129 Å². The van der Waals surface area contributed by atoms with Crippen LogP contribution < -0.4 is 5.32 Å². The van der Waals surface area contributed by atoms with Gasteiger partial charge in [0, 0.05) is 6.04 Å². The van der Waals surface area contributed by atoms with E-state index in [-0.39, 0.29) is 11.3 Å². The van der Waals surface area contributed by atoms with E-state index < -0.39 is 9.84 Å². The van der Waals surface area contributed by atoms with Crippen molar-refractivity contribution < 1.29 is 8.42 Å². The summed E-state index contributed by atoms with van der Waals surface area (Å²) in [6, 6.07) is 5.57. The first-order valence-electron chi connectivity index (χ1n) is 7.88. The highest BCUT2D eigenvalue weighted by Gasteiger charge is 2.38. The van der Waals surface area contributed by atoms with Crippen LogP contribution in [0.25, 0.3) is 0 Å². The fraction of sp³-hybridized carbons (Fsp3) is 0.647. The second-order valence-corrected chi connectivity index (χ2v) is 8.48. The van der Waals surface area contributed by atoms with Crippen molar-refractivity contribution in [2.24, 2.45) is 5.92 Å². The molecule has 118 valence electrons. The number of nitrogens with one attached hydrogen (secondary N) is 1. The van der Waals surface area contributed by atoms with Crippen LogP contribution in [0.2, 0.25) is 0 Å². The van der Waals surface area contributed by atoms with Gasteiger partial charge in [0.2, 0.25) is 0 Å². The van der Waals surface area contributed by atoms with Gasteiger partial charge >= 0.3 is 0 Å². The van der Waals surface area contributed by atoms with Crippen LogP contribution in [-0.4, -0.2) is 26.8 Å². The molecule has 0 radical (unpaired) electrons. The SMILES string of the molecule is CCC1CCC(NC)C(S(=O)(=O)c2ccc(C)c(C)c2)C1. The van der Waals surface area contributed by atoms with Crippen molar-refractivity contribution >= 4 is 9.84 Å². The Kier molecular flexibility index (Phi) is 5.10. The van der Waals surface area contributed by atoms with E-state index in [4.69, 9.17) is 0 Å². The Morgan fingerprint density at radius 2 is 1.90 bits per heavy atom. The Balaban J connectivity index is 2.37. The molecule has 3 unspecified atom stereocenters. The topological polar surface area (TPSA) is 46.2 Å². The maximum atomic E-state index is 13.0. The van der Waals surface area contributed by atoms with Gasteiger partial charge in [-0.1, -0.05) is 19.4 Å². The standard InChI is InChI=1S/C17H27NO2S/c1-5-14-7-9-16(18-4)17(11-14)21(19,20)15-8-6-12(2)13(3)10-15/h6,8,10,14,16-18H,5,7,9,11H2,1-4H3. The summed E-state index contributed by atoms with van der Waals surface area (Å²) in [7, 11) is -1.39. The quantitative estimate of drug-likeness (QED) is 0.928. The molecule has 1 aromatic rings. The summed E-state index contributed by atoms with van der Waals surface area (Å²) in [5, 5.41) is 2.92. The molecule has 4 heteroatoms. The van der Waals surface area contributed by atoms with Gasteiger partial charge in [-0.15, -0.1) is 0 Å². The molecule has 0 spiro atoms. The largest absolute Gasteiger partial charge is 0.316 e. The first-order chi connectivity index (χ1) is 9.90. The number of hydrogen-bond donors (Lipinski definition) is 1. The summed E-state index contributed by atoms with van der Waals surface area (Å²) in [6.45, 7) is 6.14. The summed E-state index contributed by atoms with van der Waals surface area (Å²) in [4.78, 5) is 0.479. The van der Waals surface area contributed by atoms with Crippen LogP contribution in [0, 0.1) is 19.8 Å². The maximum Gasteiger partial charge on any atom is 0.182 e. The zero-order valence-electron chi connectivity index (χ0n) is 13.5. The average Bonchev–Trinajstić information content (AvgIpc) is 2.49. The van der Waals surface area contributed by atoms with Crippen molar-refractivity contribution in [3.63, 3.8) is 0 Å². The molecule has 1 aliphatic rings. The Morgan fingerprint density at radius 3 is 2.48 bits per heavy atom. The molecule has 2 rings (SSSR count). The molecule has 0 bridgehead atoms. The summed E-state index contributed by atoms with van der Waals surface area (Å²) < 4.78 is 26.1. The number of sulfone groups is 1. The Bertz CT molecular complexity index is 595. The third-order valence-electron chi connectivity index (χ3n) is 5.05. The molecule has 0 heterocycles. The molecule has 0 aromatic heterocycles. The van der Waals surface area contributed by atoms with E-state index in [2.05, 4.69) is 12.2 Å². The fourth-order valence-electron chi connectivity index (χ4n) is 3.32. The lowest BCUT2D eigenvalue weighted by atomic mass is 9.84. The number of benzene rings is 1. The van der Waals surface area contributed by atoms with Crippen LogP contribution >= 0.6 is 0 Å². The lowest BCUT2D eigenvalue weighted by molar-refractivity contribution is 0.296. The zero-order chi connectivity index (χ0) is 15.6. The van der Waals surface area contributed by atoms with Crippen LogP contribution in [0.3, 0.4) is 0 Å². The molecule has 1 aromatic carbocycles. The monoisotopic (exact) mass is 309 g/mol. The van der Waals surface area contributed by atoms with Gasteiger partial charge in [-0.05, 0) is 69.3 Å². The first kappa shape index (κ1) is 16.5. The molecule has 1 fully saturated rings. The fourth-order valence-corrected chi connectivity index (χ4v) is 5.50. The van der Waals surface area contributed by atoms with E-state index in [1.54, 1.807) is 6.07 Å². The van der Waals surface area contributed by atoms with Crippen molar-refractivity contribution in [3.8, 4) is 0 Å². The average molecular weight is 309 g/mol. The van der Waals surface area contributed by atoms with E-state index in [0.717, 1.165) is 36.8 Å². The highest BCUT2D eigenvalue weighted by atomic mass is 32.2. The molecular formula is C17H27NO2S. The lowest BCUT2D eigenvalue weighted by Gasteiger charge is -2.35. The maximum absolute atomic E-state index is 13.0. The van der Waals surface area contributed by atoms with E-state index in [1.165, 1.54) is 0 Å². The lowest BCUT2D eigenvalue weighted by Crippen LogP contribution is -2.46.